The Labute approximate surface area is 144 Å². The summed E-state index contributed by atoms with van der Waals surface area (Å²) in [5.74, 6) is -0.922. The largest absolute Gasteiger partial charge is 0.384 e. The molecular formula is C17H26N2O4S. The highest BCUT2D eigenvalue weighted by molar-refractivity contribution is 7.92. The highest BCUT2D eigenvalue weighted by Gasteiger charge is 2.30. The molecule has 1 unspecified atom stereocenters. The van der Waals surface area contributed by atoms with Crippen molar-refractivity contribution in [2.24, 2.45) is 0 Å². The molecule has 1 heterocycles. The summed E-state index contributed by atoms with van der Waals surface area (Å²) in [6, 6.07) is 8.03. The Kier molecular flexibility index (Phi) is 6.77. The minimum atomic E-state index is -3.45. The normalized spacial score (nSPS) is 18.6. The Morgan fingerprint density at radius 2 is 2.04 bits per heavy atom. The van der Waals surface area contributed by atoms with Crippen LogP contribution >= 0.6 is 0 Å². The van der Waals surface area contributed by atoms with Gasteiger partial charge in [-0.2, -0.15) is 0 Å². The van der Waals surface area contributed by atoms with E-state index in [2.05, 4.69) is 24.4 Å². The summed E-state index contributed by atoms with van der Waals surface area (Å²) in [4.78, 5) is 14.2. The predicted molar refractivity (Wildman–Crippen MR) is 93.7 cm³/mol. The third-order valence-corrected chi connectivity index (χ3v) is 5.75. The number of carbonyl (C=O) groups is 1. The monoisotopic (exact) mass is 354 g/mol. The number of hydrogen-bond acceptors (Lipinski definition) is 5. The van der Waals surface area contributed by atoms with Gasteiger partial charge < -0.3 is 15.0 Å². The second kappa shape index (κ2) is 8.60. The summed E-state index contributed by atoms with van der Waals surface area (Å²) in [5.41, 5.74) is 2.27. The Morgan fingerprint density at radius 3 is 2.67 bits per heavy atom. The van der Waals surface area contributed by atoms with Crippen molar-refractivity contribution < 1.29 is 17.9 Å². The van der Waals surface area contributed by atoms with Crippen LogP contribution in [0.2, 0.25) is 0 Å². The molecule has 0 bridgehead atoms. The lowest BCUT2D eigenvalue weighted by molar-refractivity contribution is -0.131. The molecule has 1 aliphatic rings. The molecule has 134 valence electrons. The van der Waals surface area contributed by atoms with E-state index in [1.165, 1.54) is 12.7 Å². The zero-order chi connectivity index (χ0) is 17.6. The van der Waals surface area contributed by atoms with Gasteiger partial charge in [0.15, 0.2) is 9.84 Å². The van der Waals surface area contributed by atoms with E-state index in [0.717, 1.165) is 12.0 Å². The number of nitrogens with one attached hydrogen (secondary N) is 1. The summed E-state index contributed by atoms with van der Waals surface area (Å²) in [7, 11) is -2.00. The van der Waals surface area contributed by atoms with Crippen LogP contribution in [0.25, 0.3) is 0 Å². The number of carbonyl (C=O) groups excluding carboxylic acids is 1. The average Bonchev–Trinajstić information content (AvgIpc) is 2.59. The van der Waals surface area contributed by atoms with Crippen LogP contribution in [0.15, 0.2) is 24.3 Å². The molecule has 1 N–H and O–H groups in total. The first-order valence-corrected chi connectivity index (χ1v) is 10.1. The lowest BCUT2D eigenvalue weighted by Gasteiger charge is -2.36. The van der Waals surface area contributed by atoms with Gasteiger partial charge in [-0.05, 0) is 17.5 Å². The van der Waals surface area contributed by atoms with Gasteiger partial charge in [0.1, 0.15) is 5.75 Å². The fraction of sp³-hybridized carbons (Fsp3) is 0.588. The van der Waals surface area contributed by atoms with Crippen LogP contribution in [0.5, 0.6) is 0 Å². The molecule has 1 atom stereocenters. The summed E-state index contributed by atoms with van der Waals surface area (Å²) >= 11 is 0. The number of rotatable bonds is 7. The second-order valence-corrected chi connectivity index (χ2v) is 8.17. The molecule has 1 aromatic carbocycles. The van der Waals surface area contributed by atoms with E-state index in [4.69, 9.17) is 4.74 Å². The van der Waals surface area contributed by atoms with Crippen molar-refractivity contribution in [3.8, 4) is 0 Å². The van der Waals surface area contributed by atoms with Gasteiger partial charge in [0.05, 0.1) is 18.4 Å². The van der Waals surface area contributed by atoms with Crippen molar-refractivity contribution in [3.05, 3.63) is 35.4 Å². The first-order valence-electron chi connectivity index (χ1n) is 8.25. The molecule has 1 saturated heterocycles. The average molecular weight is 354 g/mol. The van der Waals surface area contributed by atoms with E-state index in [1.807, 2.05) is 12.1 Å². The van der Waals surface area contributed by atoms with Crippen molar-refractivity contribution in [2.75, 3.05) is 44.9 Å². The van der Waals surface area contributed by atoms with Gasteiger partial charge in [-0.1, -0.05) is 31.2 Å². The summed E-state index contributed by atoms with van der Waals surface area (Å²) in [5, 5.41) is 3.28. The van der Waals surface area contributed by atoms with Crippen LogP contribution in [-0.2, 0) is 25.8 Å². The maximum atomic E-state index is 12.6. The fourth-order valence-corrected chi connectivity index (χ4v) is 3.94. The minimum absolute atomic E-state index is 0.110. The zero-order valence-corrected chi connectivity index (χ0v) is 15.1. The number of aryl methyl sites for hydroxylation is 1. The van der Waals surface area contributed by atoms with E-state index < -0.39 is 15.6 Å². The Balaban J connectivity index is 2.11. The molecule has 24 heavy (non-hydrogen) atoms. The SMILES string of the molecule is CCc1ccc(C2CNCCN2C(=O)CS(=O)(=O)CCOC)cc1. The standard InChI is InChI=1S/C17H26N2O4S/c1-3-14-4-6-15(7-5-14)16-12-18-8-9-19(16)17(20)13-24(21,22)11-10-23-2/h4-7,16,18H,3,8-13H2,1-2H3. The molecule has 0 saturated carbocycles. The summed E-state index contributed by atoms with van der Waals surface area (Å²) in [6.07, 6.45) is 0.962. The lowest BCUT2D eigenvalue weighted by atomic mass is 10.0. The third kappa shape index (κ3) is 5.03. The Bertz CT molecular complexity index is 643. The van der Waals surface area contributed by atoms with Crippen molar-refractivity contribution in [1.29, 1.82) is 0 Å². The summed E-state index contributed by atoms with van der Waals surface area (Å²) < 4.78 is 28.9. The third-order valence-electron chi connectivity index (χ3n) is 4.28. The number of sulfone groups is 1. The minimum Gasteiger partial charge on any atom is -0.384 e. The molecule has 1 fully saturated rings. The number of amides is 1. The van der Waals surface area contributed by atoms with E-state index >= 15 is 0 Å². The topological polar surface area (TPSA) is 75.7 Å². The van der Waals surface area contributed by atoms with Crippen molar-refractivity contribution in [2.45, 2.75) is 19.4 Å². The smallest absolute Gasteiger partial charge is 0.238 e. The van der Waals surface area contributed by atoms with Gasteiger partial charge in [0.2, 0.25) is 5.91 Å². The van der Waals surface area contributed by atoms with Gasteiger partial charge in [-0.25, -0.2) is 8.42 Å². The molecule has 0 radical (unpaired) electrons. The van der Waals surface area contributed by atoms with Gasteiger partial charge >= 0.3 is 0 Å². The number of hydrogen-bond donors (Lipinski definition) is 1. The van der Waals surface area contributed by atoms with Crippen LogP contribution in [0, 0.1) is 0 Å². The molecule has 0 spiro atoms. The number of ether oxygens (including phenoxy) is 1. The Hall–Kier alpha value is -1.44. The maximum absolute atomic E-state index is 12.6. The molecular weight excluding hydrogens is 328 g/mol. The predicted octanol–water partition coefficient (Wildman–Crippen LogP) is 0.783. The maximum Gasteiger partial charge on any atom is 0.238 e. The van der Waals surface area contributed by atoms with E-state index in [-0.39, 0.29) is 24.3 Å². The summed E-state index contributed by atoms with van der Waals surface area (Å²) in [6.45, 7) is 4.03. The van der Waals surface area contributed by atoms with Crippen LogP contribution in [0.4, 0.5) is 0 Å². The van der Waals surface area contributed by atoms with Gasteiger partial charge in [-0.3, -0.25) is 4.79 Å². The van der Waals surface area contributed by atoms with E-state index in [1.54, 1.807) is 4.90 Å². The number of benzene rings is 1. The van der Waals surface area contributed by atoms with Crippen LogP contribution in [0.3, 0.4) is 0 Å². The van der Waals surface area contributed by atoms with Gasteiger partial charge in [0.25, 0.3) is 0 Å². The molecule has 1 aromatic rings. The number of nitrogens with zero attached hydrogens (tertiary/aromatic N) is 1. The van der Waals surface area contributed by atoms with Crippen LogP contribution in [-0.4, -0.2) is 64.1 Å². The molecule has 7 heteroatoms. The van der Waals surface area contributed by atoms with Crippen molar-refractivity contribution >= 4 is 15.7 Å². The molecule has 1 aliphatic heterocycles. The first-order chi connectivity index (χ1) is 11.5. The fourth-order valence-electron chi connectivity index (χ4n) is 2.83. The van der Waals surface area contributed by atoms with Crippen molar-refractivity contribution in [3.63, 3.8) is 0 Å². The van der Waals surface area contributed by atoms with Gasteiger partial charge in [-0.15, -0.1) is 0 Å². The number of piperazine rings is 1. The van der Waals surface area contributed by atoms with Gasteiger partial charge in [0, 0.05) is 26.7 Å². The quantitative estimate of drug-likeness (QED) is 0.783. The Morgan fingerprint density at radius 1 is 1.33 bits per heavy atom. The molecule has 1 amide bonds. The van der Waals surface area contributed by atoms with E-state index in [0.29, 0.717) is 19.6 Å². The lowest BCUT2D eigenvalue weighted by Crippen LogP contribution is -2.50. The molecule has 0 aliphatic carbocycles. The van der Waals surface area contributed by atoms with Crippen molar-refractivity contribution in [1.82, 2.24) is 10.2 Å². The number of methoxy groups -OCH3 is 1. The first kappa shape index (κ1) is 18.9. The highest BCUT2D eigenvalue weighted by Crippen LogP contribution is 2.23. The van der Waals surface area contributed by atoms with Crippen LogP contribution in [0.1, 0.15) is 24.1 Å². The van der Waals surface area contributed by atoms with E-state index in [9.17, 15) is 13.2 Å². The zero-order valence-electron chi connectivity index (χ0n) is 14.3. The van der Waals surface area contributed by atoms with Crippen LogP contribution < -0.4 is 5.32 Å². The molecule has 0 aromatic heterocycles. The second-order valence-electron chi connectivity index (χ2n) is 5.99. The highest BCUT2D eigenvalue weighted by atomic mass is 32.2. The molecule has 6 nitrogen and oxygen atoms in total. The molecule has 2 rings (SSSR count).